The fourth-order valence-corrected chi connectivity index (χ4v) is 3.74. The number of allylic oxidation sites excluding steroid dienone is 1. The predicted octanol–water partition coefficient (Wildman–Crippen LogP) is 5.02. The summed E-state index contributed by atoms with van der Waals surface area (Å²) in [5.41, 5.74) is 2.70. The van der Waals surface area contributed by atoms with E-state index in [1.165, 1.54) is 6.08 Å². The van der Waals surface area contributed by atoms with E-state index in [1.54, 1.807) is 48.7 Å². The van der Waals surface area contributed by atoms with Gasteiger partial charge in [-0.2, -0.15) is 0 Å². The van der Waals surface area contributed by atoms with Crippen LogP contribution in [0.15, 0.2) is 77.7 Å². The zero-order chi connectivity index (χ0) is 21.4. The van der Waals surface area contributed by atoms with Gasteiger partial charge in [0.15, 0.2) is 5.78 Å². The van der Waals surface area contributed by atoms with E-state index in [4.69, 9.17) is 11.6 Å². The van der Waals surface area contributed by atoms with E-state index in [-0.39, 0.29) is 5.56 Å². The molecule has 2 N–H and O–H groups in total. The standard InChI is InChI=1S/C24H15ClN4O2/c25-14-8-9-16-15(13-14)22(19-7-3-4-12-26-19)23(24(31)29-16)20(30)10-11-21-27-17-5-1-2-6-18(17)28-21/h1-13H,(H,27,28)(H,29,31). The van der Waals surface area contributed by atoms with Crippen molar-refractivity contribution in [3.8, 4) is 11.3 Å². The molecule has 0 fully saturated rings. The second-order valence-electron chi connectivity index (χ2n) is 6.95. The van der Waals surface area contributed by atoms with Gasteiger partial charge in [-0.05, 0) is 54.6 Å². The van der Waals surface area contributed by atoms with E-state index >= 15 is 0 Å². The number of imidazole rings is 1. The van der Waals surface area contributed by atoms with Crippen molar-refractivity contribution in [3.63, 3.8) is 0 Å². The van der Waals surface area contributed by atoms with Crippen molar-refractivity contribution in [2.24, 2.45) is 0 Å². The Morgan fingerprint density at radius 3 is 2.61 bits per heavy atom. The lowest BCUT2D eigenvalue weighted by molar-refractivity contribution is 0.104. The Kier molecular flexibility index (Phi) is 4.69. The van der Waals surface area contributed by atoms with Crippen LogP contribution in [0, 0.1) is 0 Å². The summed E-state index contributed by atoms with van der Waals surface area (Å²) in [6, 6.07) is 18.0. The zero-order valence-corrected chi connectivity index (χ0v) is 16.9. The number of para-hydroxylation sites is 2. The Bertz CT molecular complexity index is 1500. The van der Waals surface area contributed by atoms with Gasteiger partial charge in [0.05, 0.1) is 22.3 Å². The zero-order valence-electron chi connectivity index (χ0n) is 16.1. The maximum Gasteiger partial charge on any atom is 0.260 e. The van der Waals surface area contributed by atoms with Crippen molar-refractivity contribution in [3.05, 3.63) is 99.7 Å². The number of aromatic nitrogens is 4. The van der Waals surface area contributed by atoms with E-state index < -0.39 is 11.3 Å². The van der Waals surface area contributed by atoms with Crippen LogP contribution < -0.4 is 5.56 Å². The number of nitrogens with zero attached hydrogens (tertiary/aromatic N) is 2. The molecule has 0 saturated heterocycles. The first-order valence-electron chi connectivity index (χ1n) is 9.54. The molecule has 31 heavy (non-hydrogen) atoms. The van der Waals surface area contributed by atoms with Gasteiger partial charge < -0.3 is 9.97 Å². The van der Waals surface area contributed by atoms with Crippen LogP contribution in [0.1, 0.15) is 16.2 Å². The summed E-state index contributed by atoms with van der Waals surface area (Å²) in [6.45, 7) is 0. The summed E-state index contributed by atoms with van der Waals surface area (Å²) >= 11 is 6.21. The molecular weight excluding hydrogens is 412 g/mol. The number of ketones is 1. The van der Waals surface area contributed by atoms with Crippen molar-refractivity contribution in [1.82, 2.24) is 19.9 Å². The quantitative estimate of drug-likeness (QED) is 0.312. The van der Waals surface area contributed by atoms with Crippen LogP contribution >= 0.6 is 11.6 Å². The summed E-state index contributed by atoms with van der Waals surface area (Å²) < 4.78 is 0. The van der Waals surface area contributed by atoms with Gasteiger partial charge in [0.25, 0.3) is 5.56 Å². The molecule has 150 valence electrons. The third kappa shape index (κ3) is 3.53. The summed E-state index contributed by atoms with van der Waals surface area (Å²) in [4.78, 5) is 40.8. The van der Waals surface area contributed by atoms with Crippen LogP contribution in [0.25, 0.3) is 39.3 Å². The summed E-state index contributed by atoms with van der Waals surface area (Å²) in [5.74, 6) is 0.0680. The normalized spacial score (nSPS) is 11.5. The first-order chi connectivity index (χ1) is 15.1. The number of H-pyrrole nitrogens is 2. The molecule has 0 unspecified atom stereocenters. The molecule has 0 amide bonds. The SMILES string of the molecule is O=C(C=Cc1nc2ccccc2[nH]1)c1c(-c2ccccn2)c2cc(Cl)ccc2[nH]c1=O. The van der Waals surface area contributed by atoms with Crippen LogP contribution in [-0.2, 0) is 0 Å². The minimum absolute atomic E-state index is 0.000766. The van der Waals surface area contributed by atoms with Crippen molar-refractivity contribution in [2.45, 2.75) is 0 Å². The van der Waals surface area contributed by atoms with Crippen LogP contribution in [0.3, 0.4) is 0 Å². The van der Waals surface area contributed by atoms with Gasteiger partial charge in [0.1, 0.15) is 5.82 Å². The van der Waals surface area contributed by atoms with Gasteiger partial charge >= 0.3 is 0 Å². The molecule has 0 aliphatic carbocycles. The summed E-state index contributed by atoms with van der Waals surface area (Å²) in [7, 11) is 0. The second kappa shape index (κ2) is 7.66. The highest BCUT2D eigenvalue weighted by Crippen LogP contribution is 2.30. The average molecular weight is 427 g/mol. The number of hydrogen-bond donors (Lipinski definition) is 2. The molecule has 6 nitrogen and oxygen atoms in total. The van der Waals surface area contributed by atoms with Crippen LogP contribution in [0.4, 0.5) is 0 Å². The summed E-state index contributed by atoms with van der Waals surface area (Å²) in [5, 5.41) is 1.14. The molecule has 0 spiro atoms. The molecule has 0 saturated carbocycles. The highest BCUT2D eigenvalue weighted by Gasteiger charge is 2.20. The third-order valence-corrected chi connectivity index (χ3v) is 5.18. The van der Waals surface area contributed by atoms with E-state index in [0.717, 1.165) is 11.0 Å². The number of rotatable bonds is 4. The number of nitrogens with one attached hydrogen (secondary N) is 2. The molecule has 3 aromatic heterocycles. The Morgan fingerprint density at radius 1 is 0.968 bits per heavy atom. The molecule has 0 aliphatic heterocycles. The van der Waals surface area contributed by atoms with Crippen molar-refractivity contribution >= 4 is 45.4 Å². The number of fused-ring (bicyclic) bond motifs is 2. The molecule has 0 aliphatic rings. The number of carbonyl (C=O) groups is 1. The lowest BCUT2D eigenvalue weighted by Gasteiger charge is -2.11. The van der Waals surface area contributed by atoms with Crippen LogP contribution in [0.5, 0.6) is 0 Å². The van der Waals surface area contributed by atoms with Crippen molar-refractivity contribution in [1.29, 1.82) is 0 Å². The number of pyridine rings is 2. The average Bonchev–Trinajstić information content (AvgIpc) is 3.20. The molecule has 5 rings (SSSR count). The number of aromatic amines is 2. The lowest BCUT2D eigenvalue weighted by Crippen LogP contribution is -2.19. The van der Waals surface area contributed by atoms with E-state index in [1.807, 2.05) is 24.3 Å². The minimum Gasteiger partial charge on any atom is -0.338 e. The molecule has 0 bridgehead atoms. The van der Waals surface area contributed by atoms with E-state index in [9.17, 15) is 9.59 Å². The Labute approximate surface area is 181 Å². The lowest BCUT2D eigenvalue weighted by atomic mass is 9.97. The fourth-order valence-electron chi connectivity index (χ4n) is 3.57. The number of halogens is 1. The predicted molar refractivity (Wildman–Crippen MR) is 122 cm³/mol. The molecule has 2 aromatic carbocycles. The van der Waals surface area contributed by atoms with Crippen molar-refractivity contribution < 1.29 is 4.79 Å². The van der Waals surface area contributed by atoms with Crippen molar-refractivity contribution in [2.75, 3.05) is 0 Å². The first kappa shape index (κ1) is 19.0. The van der Waals surface area contributed by atoms with Gasteiger partial charge in [0.2, 0.25) is 0 Å². The fraction of sp³-hybridized carbons (Fsp3) is 0. The number of carbonyl (C=O) groups excluding carboxylic acids is 1. The second-order valence-corrected chi connectivity index (χ2v) is 7.38. The highest BCUT2D eigenvalue weighted by atomic mass is 35.5. The molecular formula is C24H15ClN4O2. The molecule has 3 heterocycles. The molecule has 0 atom stereocenters. The van der Waals surface area contributed by atoms with Gasteiger partial charge in [0, 0.05) is 27.7 Å². The van der Waals surface area contributed by atoms with Gasteiger partial charge in [-0.1, -0.05) is 29.8 Å². The maximum absolute atomic E-state index is 13.2. The number of benzene rings is 2. The monoisotopic (exact) mass is 426 g/mol. The maximum atomic E-state index is 13.2. The first-order valence-corrected chi connectivity index (χ1v) is 9.92. The Morgan fingerprint density at radius 2 is 1.81 bits per heavy atom. The van der Waals surface area contributed by atoms with Crippen LogP contribution in [0.2, 0.25) is 5.02 Å². The third-order valence-electron chi connectivity index (χ3n) is 4.94. The topological polar surface area (TPSA) is 91.5 Å². The van der Waals surface area contributed by atoms with E-state index in [2.05, 4.69) is 19.9 Å². The largest absolute Gasteiger partial charge is 0.338 e. The number of hydrogen-bond acceptors (Lipinski definition) is 4. The van der Waals surface area contributed by atoms with Gasteiger partial charge in [-0.25, -0.2) is 4.98 Å². The molecule has 5 aromatic rings. The highest BCUT2D eigenvalue weighted by molar-refractivity contribution is 6.31. The van der Waals surface area contributed by atoms with E-state index in [0.29, 0.717) is 33.0 Å². The Hall–Kier alpha value is -4.03. The van der Waals surface area contributed by atoms with Crippen LogP contribution in [-0.4, -0.2) is 25.7 Å². The molecule has 0 radical (unpaired) electrons. The molecule has 7 heteroatoms. The summed E-state index contributed by atoms with van der Waals surface area (Å²) in [6.07, 6.45) is 4.52. The van der Waals surface area contributed by atoms with Gasteiger partial charge in [-0.3, -0.25) is 14.6 Å². The minimum atomic E-state index is -0.491. The van der Waals surface area contributed by atoms with Gasteiger partial charge in [-0.15, -0.1) is 0 Å². The smallest absolute Gasteiger partial charge is 0.260 e. The Balaban J connectivity index is 1.67.